The monoisotopic (exact) mass is 488 g/mol. The van der Waals surface area contributed by atoms with Gasteiger partial charge < -0.3 is 10.2 Å². The number of phenolic OH excluding ortho intramolecular Hbond substituents is 2. The Morgan fingerprint density at radius 1 is 1.05 bits per heavy atom. The molecule has 0 fully saturated rings. The number of hydrogen-bond acceptors (Lipinski definition) is 4. The van der Waals surface area contributed by atoms with Crippen LogP contribution in [0.15, 0.2) is 89.3 Å². The third kappa shape index (κ3) is 5.71. The van der Waals surface area contributed by atoms with Crippen molar-refractivity contribution in [1.82, 2.24) is 9.55 Å². The molecule has 0 atom stereocenters. The molecule has 0 unspecified atom stereocenters. The van der Waals surface area contributed by atoms with Crippen molar-refractivity contribution >= 4 is 23.1 Å². The summed E-state index contributed by atoms with van der Waals surface area (Å²) < 4.78 is 1.57. The minimum absolute atomic E-state index is 0.0304. The molecule has 5 nitrogen and oxygen atoms in total. The second-order valence-corrected chi connectivity index (χ2v) is 8.51. The molecule has 0 saturated heterocycles. The third-order valence-electron chi connectivity index (χ3n) is 5.86. The van der Waals surface area contributed by atoms with Gasteiger partial charge in [0.2, 0.25) is 0 Å². The molecule has 2 N–H and O–H groups in total. The first kappa shape index (κ1) is 25.3. The summed E-state index contributed by atoms with van der Waals surface area (Å²) in [5, 5.41) is 20.3. The third-order valence-corrected chi connectivity index (χ3v) is 5.86. The van der Waals surface area contributed by atoms with E-state index in [1.165, 1.54) is 12.1 Å². The van der Waals surface area contributed by atoms with Crippen LogP contribution in [0.4, 0.5) is 0 Å². The molecule has 3 aromatic carbocycles. The van der Waals surface area contributed by atoms with Crippen LogP contribution in [0.3, 0.4) is 0 Å². The summed E-state index contributed by atoms with van der Waals surface area (Å²) in [5.74, 6) is 6.71. The lowest BCUT2D eigenvalue weighted by Gasteiger charge is -2.14. The minimum atomic E-state index is -0.192. The molecule has 1 heterocycles. The van der Waals surface area contributed by atoms with Crippen LogP contribution in [0.1, 0.15) is 42.8 Å². The van der Waals surface area contributed by atoms with Crippen molar-refractivity contribution in [3.05, 3.63) is 117 Å². The van der Waals surface area contributed by atoms with Crippen LogP contribution in [0, 0.1) is 18.8 Å². The van der Waals surface area contributed by atoms with Gasteiger partial charge in [0.1, 0.15) is 17.3 Å². The van der Waals surface area contributed by atoms with E-state index in [4.69, 9.17) is 4.98 Å². The van der Waals surface area contributed by atoms with Crippen LogP contribution in [0.5, 0.6) is 11.5 Å². The Balaban J connectivity index is 1.83. The SMILES string of the molecule is C/C=C(C#Cc1ccc(-n2c(/C=C/c3ccc(O)cc3O)nc3ccccc3c2=O)c(C)c1)\C=C/CC. The summed E-state index contributed by atoms with van der Waals surface area (Å²) >= 11 is 0. The Kier molecular flexibility index (Phi) is 7.71. The lowest BCUT2D eigenvalue weighted by atomic mass is 10.1. The molecule has 0 aliphatic carbocycles. The van der Waals surface area contributed by atoms with E-state index in [0.29, 0.717) is 28.0 Å². The number of aromatic nitrogens is 2. The minimum Gasteiger partial charge on any atom is -0.508 e. The lowest BCUT2D eigenvalue weighted by Crippen LogP contribution is -2.23. The summed E-state index contributed by atoms with van der Waals surface area (Å²) in [6, 6.07) is 17.3. The Labute approximate surface area is 216 Å². The number of benzene rings is 3. The molecule has 0 aliphatic heterocycles. The fourth-order valence-corrected chi connectivity index (χ4v) is 3.92. The number of rotatable bonds is 5. The van der Waals surface area contributed by atoms with Gasteiger partial charge in [-0.25, -0.2) is 4.98 Å². The van der Waals surface area contributed by atoms with Crippen molar-refractivity contribution in [3.63, 3.8) is 0 Å². The van der Waals surface area contributed by atoms with Gasteiger partial charge in [-0.05, 0) is 80.4 Å². The normalized spacial score (nSPS) is 11.8. The van der Waals surface area contributed by atoms with Gasteiger partial charge in [0, 0.05) is 22.8 Å². The van der Waals surface area contributed by atoms with E-state index in [1.54, 1.807) is 34.9 Å². The van der Waals surface area contributed by atoms with Crippen LogP contribution in [-0.4, -0.2) is 19.8 Å². The Morgan fingerprint density at radius 3 is 2.59 bits per heavy atom. The highest BCUT2D eigenvalue weighted by Gasteiger charge is 2.13. The highest BCUT2D eigenvalue weighted by molar-refractivity contribution is 5.80. The first-order valence-electron chi connectivity index (χ1n) is 12.1. The van der Waals surface area contributed by atoms with Gasteiger partial charge >= 0.3 is 0 Å². The zero-order valence-corrected chi connectivity index (χ0v) is 21.1. The van der Waals surface area contributed by atoms with Gasteiger partial charge in [0.25, 0.3) is 5.56 Å². The van der Waals surface area contributed by atoms with Crippen LogP contribution in [0.2, 0.25) is 0 Å². The summed E-state index contributed by atoms with van der Waals surface area (Å²) in [6.07, 6.45) is 10.4. The maximum absolute atomic E-state index is 13.6. The number of nitrogens with zero attached hydrogens (tertiary/aromatic N) is 2. The number of aromatic hydroxyl groups is 2. The van der Waals surface area contributed by atoms with Crippen molar-refractivity contribution in [2.24, 2.45) is 0 Å². The standard InChI is InChI=1S/C32H28N2O3/c1-4-6-9-23(5-2)12-13-24-14-18-29(22(3)20-24)34-31(19-16-25-15-17-26(35)21-30(25)36)33-28-11-8-7-10-27(28)32(34)37/h5-11,14-21,35-36H,4H2,1-3H3/b9-6-,19-16+,23-5+. The predicted molar refractivity (Wildman–Crippen MR) is 151 cm³/mol. The largest absolute Gasteiger partial charge is 0.508 e. The van der Waals surface area contributed by atoms with Crippen LogP contribution in [0.25, 0.3) is 28.7 Å². The van der Waals surface area contributed by atoms with Gasteiger partial charge in [-0.1, -0.05) is 49.1 Å². The molecule has 0 radical (unpaired) electrons. The molecule has 4 aromatic rings. The van der Waals surface area contributed by atoms with E-state index in [0.717, 1.165) is 23.1 Å². The Hall–Kier alpha value is -4.82. The number of allylic oxidation sites excluding steroid dienone is 4. The molecule has 5 heteroatoms. The molecule has 37 heavy (non-hydrogen) atoms. The number of fused-ring (bicyclic) bond motifs is 1. The van der Waals surface area contributed by atoms with E-state index in [9.17, 15) is 15.0 Å². The van der Waals surface area contributed by atoms with E-state index in [1.807, 2.05) is 56.3 Å². The summed E-state index contributed by atoms with van der Waals surface area (Å²) in [6.45, 7) is 5.99. The first-order valence-corrected chi connectivity index (χ1v) is 12.1. The number of phenols is 2. The number of hydrogen-bond donors (Lipinski definition) is 2. The summed E-state index contributed by atoms with van der Waals surface area (Å²) in [4.78, 5) is 18.4. The maximum Gasteiger partial charge on any atom is 0.266 e. The molecular formula is C32H28N2O3. The molecule has 0 amide bonds. The fraction of sp³-hybridized carbons (Fsp3) is 0.125. The van der Waals surface area contributed by atoms with Crippen molar-refractivity contribution in [1.29, 1.82) is 0 Å². The molecule has 0 spiro atoms. The van der Waals surface area contributed by atoms with Crippen molar-refractivity contribution in [2.75, 3.05) is 0 Å². The maximum atomic E-state index is 13.6. The molecule has 1 aromatic heterocycles. The fourth-order valence-electron chi connectivity index (χ4n) is 3.92. The average Bonchev–Trinajstić information content (AvgIpc) is 2.89. The van der Waals surface area contributed by atoms with Crippen molar-refractivity contribution in [2.45, 2.75) is 27.2 Å². The van der Waals surface area contributed by atoms with Crippen molar-refractivity contribution < 1.29 is 10.2 Å². The van der Waals surface area contributed by atoms with E-state index in [2.05, 4.69) is 24.8 Å². The topological polar surface area (TPSA) is 75.3 Å². The Morgan fingerprint density at radius 2 is 1.86 bits per heavy atom. The predicted octanol–water partition coefficient (Wildman–Crippen LogP) is 6.54. The summed E-state index contributed by atoms with van der Waals surface area (Å²) in [7, 11) is 0. The van der Waals surface area contributed by atoms with Gasteiger partial charge in [-0.3, -0.25) is 9.36 Å². The number of aryl methyl sites for hydroxylation is 1. The summed E-state index contributed by atoms with van der Waals surface area (Å²) in [5.41, 5.74) is 4.24. The van der Waals surface area contributed by atoms with Crippen LogP contribution >= 0.6 is 0 Å². The quantitative estimate of drug-likeness (QED) is 0.247. The zero-order valence-electron chi connectivity index (χ0n) is 21.1. The van der Waals surface area contributed by atoms with E-state index < -0.39 is 0 Å². The molecule has 0 bridgehead atoms. The molecule has 0 saturated carbocycles. The van der Waals surface area contributed by atoms with Crippen LogP contribution in [-0.2, 0) is 0 Å². The lowest BCUT2D eigenvalue weighted by molar-refractivity contribution is 0.450. The average molecular weight is 489 g/mol. The van der Waals surface area contributed by atoms with E-state index >= 15 is 0 Å². The zero-order chi connectivity index (χ0) is 26.4. The highest BCUT2D eigenvalue weighted by Crippen LogP contribution is 2.25. The first-order chi connectivity index (χ1) is 17.9. The van der Waals surface area contributed by atoms with E-state index in [-0.39, 0.29) is 17.1 Å². The van der Waals surface area contributed by atoms with Gasteiger partial charge in [0.15, 0.2) is 0 Å². The highest BCUT2D eigenvalue weighted by atomic mass is 16.3. The molecule has 0 aliphatic rings. The van der Waals surface area contributed by atoms with Gasteiger partial charge in [-0.2, -0.15) is 0 Å². The van der Waals surface area contributed by atoms with Gasteiger partial charge in [0.05, 0.1) is 16.6 Å². The van der Waals surface area contributed by atoms with Gasteiger partial charge in [-0.15, -0.1) is 0 Å². The van der Waals surface area contributed by atoms with Crippen molar-refractivity contribution in [3.8, 4) is 29.0 Å². The number of para-hydroxylation sites is 1. The Bertz CT molecular complexity index is 1680. The van der Waals surface area contributed by atoms with Crippen LogP contribution < -0.4 is 5.56 Å². The molecule has 4 rings (SSSR count). The second kappa shape index (κ2) is 11.3. The second-order valence-electron chi connectivity index (χ2n) is 8.51. The molecular weight excluding hydrogens is 460 g/mol. The molecule has 184 valence electrons. The smallest absolute Gasteiger partial charge is 0.266 e.